The summed E-state index contributed by atoms with van der Waals surface area (Å²) >= 11 is 0. The summed E-state index contributed by atoms with van der Waals surface area (Å²) in [6.45, 7) is -0.250. The Morgan fingerprint density at radius 2 is 1.25 bits per heavy atom. The van der Waals surface area contributed by atoms with Crippen LogP contribution in [0.2, 0.25) is 0 Å². The number of primary amides is 1. The van der Waals surface area contributed by atoms with Gasteiger partial charge in [0.2, 0.25) is 6.41 Å². The first kappa shape index (κ1) is 48.9. The van der Waals surface area contributed by atoms with Crippen molar-refractivity contribution in [1.29, 1.82) is 0 Å². The third-order valence-corrected chi connectivity index (χ3v) is 0. The monoisotopic (exact) mass is 189 g/mol. The van der Waals surface area contributed by atoms with Gasteiger partial charge in [0.25, 0.3) is 6.47 Å². The highest BCUT2D eigenvalue weighted by Gasteiger charge is 1.22. The maximum atomic E-state index is 8.58. The van der Waals surface area contributed by atoms with Crippen LogP contribution in [0.25, 0.3) is 0 Å². The van der Waals surface area contributed by atoms with Gasteiger partial charge in [-0.05, 0) is 0 Å². The second-order valence-electron chi connectivity index (χ2n) is 0.325. The standard InChI is InChI=1S/CH3NO.CH2O2.CO2.2H3N.H2O.H2/c3*2-1-3;;;;/h1H,(H2,2,3);1H,(H,2,3);;2*1H3;1H2;1H. The van der Waals surface area contributed by atoms with Crippen molar-refractivity contribution in [2.75, 3.05) is 0 Å². The quantitative estimate of drug-likeness (QED) is 0.312. The first-order valence-electron chi connectivity index (χ1n) is 1.47. The van der Waals surface area contributed by atoms with E-state index in [4.69, 9.17) is 24.3 Å². The number of carbonyl (C=O) groups excluding carboxylic acids is 3. The van der Waals surface area contributed by atoms with Crippen molar-refractivity contribution in [3.63, 3.8) is 0 Å². The summed E-state index contributed by atoms with van der Waals surface area (Å²) in [6, 6.07) is 0. The van der Waals surface area contributed by atoms with Gasteiger partial charge < -0.3 is 28.6 Å². The second kappa shape index (κ2) is 430. The van der Waals surface area contributed by atoms with E-state index < -0.39 is 0 Å². The van der Waals surface area contributed by atoms with Gasteiger partial charge in [0, 0.05) is 1.43 Å². The molecule has 9 heteroatoms. The number of carbonyl (C=O) groups is 2. The van der Waals surface area contributed by atoms with Crippen LogP contribution in [0.4, 0.5) is 0 Å². The lowest BCUT2D eigenvalue weighted by Gasteiger charge is -1.34. The van der Waals surface area contributed by atoms with Crippen molar-refractivity contribution in [2.45, 2.75) is 0 Å². The smallest absolute Gasteiger partial charge is 0.373 e. The molecule has 0 aromatic heterocycles. The third-order valence-electron chi connectivity index (χ3n) is 0. The predicted octanol–water partition coefficient (Wildman–Crippen LogP) is -2.04. The normalized spacial score (nSPS) is 2.67. The number of hydrogen-bond donors (Lipinski definition) is 4. The number of hydrogen-bond acceptors (Lipinski definition) is 6. The minimum atomic E-state index is -0.250. The Balaban J connectivity index is -0.00000000720. The van der Waals surface area contributed by atoms with Gasteiger partial charge in [-0.1, -0.05) is 0 Å². The van der Waals surface area contributed by atoms with Crippen molar-refractivity contribution >= 4 is 19.0 Å². The van der Waals surface area contributed by atoms with Crippen molar-refractivity contribution in [3.8, 4) is 0 Å². The van der Waals surface area contributed by atoms with Gasteiger partial charge in [0.15, 0.2) is 0 Å². The van der Waals surface area contributed by atoms with Gasteiger partial charge in [-0.15, -0.1) is 0 Å². The Hall–Kier alpha value is -1.80. The summed E-state index contributed by atoms with van der Waals surface area (Å²) in [4.78, 5) is 33.2. The largest absolute Gasteiger partial charge is 0.483 e. The highest BCUT2D eigenvalue weighted by Crippen LogP contribution is 0.966. The van der Waals surface area contributed by atoms with E-state index in [1.165, 1.54) is 0 Å². The summed E-state index contributed by atoms with van der Waals surface area (Å²) in [6.07, 6.45) is 0.500. The molecule has 0 aliphatic carbocycles. The highest BCUT2D eigenvalue weighted by molar-refractivity contribution is 5.42. The number of amides is 1. The molecule has 0 saturated carbocycles. The van der Waals surface area contributed by atoms with Crippen LogP contribution in [0.15, 0.2) is 0 Å². The van der Waals surface area contributed by atoms with Gasteiger partial charge in [-0.3, -0.25) is 9.59 Å². The molecule has 78 valence electrons. The Bertz CT molecular complexity index is 89.1. The molecule has 0 aliphatic rings. The highest BCUT2D eigenvalue weighted by atomic mass is 16.3. The minimum Gasteiger partial charge on any atom is -0.483 e. The molecule has 0 aromatic carbocycles. The number of carboxylic acid groups (broad SMARTS) is 1. The fourth-order valence-electron chi connectivity index (χ4n) is 0. The zero-order valence-corrected chi connectivity index (χ0v) is 6.23. The first-order valence-corrected chi connectivity index (χ1v) is 1.47. The fourth-order valence-corrected chi connectivity index (χ4v) is 0. The zero-order chi connectivity index (χ0) is 8.12. The summed E-state index contributed by atoms with van der Waals surface area (Å²) in [5, 5.41) is 6.89. The zero-order valence-electron chi connectivity index (χ0n) is 6.23. The molecular weight excluding hydrogens is 174 g/mol. The molecule has 0 unspecified atom stereocenters. The van der Waals surface area contributed by atoms with Crippen LogP contribution >= 0.6 is 0 Å². The maximum absolute atomic E-state index is 8.58. The number of rotatable bonds is 0. The van der Waals surface area contributed by atoms with Crippen molar-refractivity contribution in [2.24, 2.45) is 5.73 Å². The molecule has 0 radical (unpaired) electrons. The first-order chi connectivity index (χ1) is 4.24. The van der Waals surface area contributed by atoms with Gasteiger partial charge in [-0.2, -0.15) is 9.59 Å². The lowest BCUT2D eigenvalue weighted by atomic mass is 11.5. The molecule has 0 rings (SSSR count). The molecule has 1 amide bonds. The Morgan fingerprint density at radius 1 is 1.25 bits per heavy atom. The molecule has 0 aliphatic heterocycles. The van der Waals surface area contributed by atoms with E-state index >= 15 is 0 Å². The van der Waals surface area contributed by atoms with Gasteiger partial charge in [0.05, 0.1) is 0 Å². The van der Waals surface area contributed by atoms with Crippen LogP contribution in [0.1, 0.15) is 1.43 Å². The molecule has 0 fully saturated rings. The molecule has 0 bridgehead atoms. The Morgan fingerprint density at radius 3 is 1.25 bits per heavy atom. The van der Waals surface area contributed by atoms with Crippen molar-refractivity contribution in [3.05, 3.63) is 0 Å². The lowest BCUT2D eigenvalue weighted by Crippen LogP contribution is -1.82. The third kappa shape index (κ3) is 131. The molecular formula is C3H15N3O6. The molecule has 11 N–H and O–H groups in total. The average molecular weight is 189 g/mol. The molecule has 0 spiro atoms. The van der Waals surface area contributed by atoms with Gasteiger partial charge >= 0.3 is 6.15 Å². The van der Waals surface area contributed by atoms with Crippen molar-refractivity contribution in [1.82, 2.24) is 12.3 Å². The van der Waals surface area contributed by atoms with Crippen molar-refractivity contribution < 1.29 is 31.2 Å². The van der Waals surface area contributed by atoms with E-state index in [2.05, 4.69) is 5.73 Å². The summed E-state index contributed by atoms with van der Waals surface area (Å²) in [5.74, 6) is 0. The van der Waals surface area contributed by atoms with E-state index in [1.54, 1.807) is 0 Å². The van der Waals surface area contributed by atoms with Crippen LogP contribution in [-0.4, -0.2) is 29.6 Å². The molecule has 0 saturated heterocycles. The summed E-state index contributed by atoms with van der Waals surface area (Å²) < 4.78 is 0. The SMILES string of the molecule is N.N.NC=O.O.O=C=O.O=CO.[HH]. The van der Waals surface area contributed by atoms with Crippen LogP contribution in [-0.2, 0) is 19.2 Å². The molecule has 0 atom stereocenters. The fraction of sp³-hybridized carbons (Fsp3) is 0. The van der Waals surface area contributed by atoms with Crippen LogP contribution < -0.4 is 18.0 Å². The summed E-state index contributed by atoms with van der Waals surface area (Å²) in [7, 11) is 0. The Labute approximate surface area is 69.5 Å². The molecule has 0 heterocycles. The van der Waals surface area contributed by atoms with Crippen LogP contribution in [0, 0.1) is 0 Å². The van der Waals surface area contributed by atoms with E-state index in [1.807, 2.05) is 0 Å². The van der Waals surface area contributed by atoms with E-state index in [0.717, 1.165) is 0 Å². The van der Waals surface area contributed by atoms with Crippen LogP contribution in [0.3, 0.4) is 0 Å². The second-order valence-corrected chi connectivity index (χ2v) is 0.325. The average Bonchev–Trinajstić information content (AvgIpc) is 1.70. The molecule has 12 heavy (non-hydrogen) atoms. The van der Waals surface area contributed by atoms with E-state index in [0.29, 0.717) is 0 Å². The predicted molar refractivity (Wildman–Crippen MR) is 39.7 cm³/mol. The van der Waals surface area contributed by atoms with E-state index in [-0.39, 0.29) is 38.2 Å². The number of nitrogens with two attached hydrogens (primary N) is 1. The van der Waals surface area contributed by atoms with Gasteiger partial charge in [-0.25, -0.2) is 0 Å². The summed E-state index contributed by atoms with van der Waals surface area (Å²) in [5.41, 5.74) is 4.17. The maximum Gasteiger partial charge on any atom is 0.373 e. The minimum absolute atomic E-state index is 0. The Kier molecular flexibility index (Phi) is 1750. The molecule has 0 aromatic rings. The lowest BCUT2D eigenvalue weighted by molar-refractivity contribution is -0.191. The molecule has 9 nitrogen and oxygen atoms in total. The van der Waals surface area contributed by atoms with Crippen LogP contribution in [0.5, 0.6) is 0 Å². The van der Waals surface area contributed by atoms with E-state index in [9.17, 15) is 0 Å². The van der Waals surface area contributed by atoms with Gasteiger partial charge in [0.1, 0.15) is 0 Å². The topological polar surface area (TPSA) is 216 Å².